The van der Waals surface area contributed by atoms with E-state index in [1.165, 1.54) is 0 Å². The number of carbonyl (C=O) groups excluding carboxylic acids is 1. The minimum Gasteiger partial charge on any atom is -0.371 e. The van der Waals surface area contributed by atoms with Gasteiger partial charge in [0.2, 0.25) is 5.91 Å². The fraction of sp³-hybridized carbons (Fsp3) is 0.480. The average Bonchev–Trinajstić information content (AvgIpc) is 3.31. The quantitative estimate of drug-likeness (QED) is 0.519. The van der Waals surface area contributed by atoms with Gasteiger partial charge in [-0.2, -0.15) is 26.3 Å². The number of carbonyl (C=O) groups is 1. The van der Waals surface area contributed by atoms with Gasteiger partial charge in [-0.25, -0.2) is 0 Å². The summed E-state index contributed by atoms with van der Waals surface area (Å²) in [5.41, 5.74) is -3.17. The lowest BCUT2D eigenvalue weighted by atomic mass is 9.71. The van der Waals surface area contributed by atoms with Gasteiger partial charge in [0.25, 0.3) is 0 Å². The third-order valence-corrected chi connectivity index (χ3v) is 6.78. The first kappa shape index (κ1) is 26.4. The average molecular weight is 515 g/mol. The summed E-state index contributed by atoms with van der Waals surface area (Å²) in [6, 6.07) is 10.3. The maximum absolute atomic E-state index is 13.3. The van der Waals surface area contributed by atoms with Crippen molar-refractivity contribution in [3.63, 3.8) is 0 Å². The highest BCUT2D eigenvalue weighted by Gasteiger charge is 2.68. The summed E-state index contributed by atoms with van der Waals surface area (Å²) in [6.45, 7) is 0.622. The Bertz CT molecular complexity index is 1060. The monoisotopic (exact) mass is 515 g/mol. The molecule has 2 aromatic rings. The molecule has 2 saturated heterocycles. The second kappa shape index (κ2) is 9.68. The Labute approximate surface area is 204 Å². The molecular weight excluding hydrogens is 488 g/mol. The van der Waals surface area contributed by atoms with Crippen molar-refractivity contribution in [2.24, 2.45) is 5.92 Å². The zero-order chi connectivity index (χ0) is 26.3. The van der Waals surface area contributed by atoms with E-state index in [2.05, 4.69) is 10.6 Å². The number of rotatable bonds is 8. The first-order valence-electron chi connectivity index (χ1n) is 11.5. The summed E-state index contributed by atoms with van der Waals surface area (Å²) >= 11 is 0. The van der Waals surface area contributed by atoms with E-state index in [0.717, 1.165) is 5.56 Å². The number of nitrogens with one attached hydrogen (secondary N) is 2. The number of likely N-dealkylation sites (N-methyl/N-ethyl adjacent to an activating group) is 1. The number of hydrogen-bond acceptors (Lipinski definition) is 4. The fourth-order valence-electron chi connectivity index (χ4n) is 5.17. The van der Waals surface area contributed by atoms with E-state index in [4.69, 9.17) is 4.74 Å². The van der Waals surface area contributed by atoms with Crippen LogP contribution in [-0.2, 0) is 34.0 Å². The molecule has 36 heavy (non-hydrogen) atoms. The molecule has 3 fully saturated rings. The summed E-state index contributed by atoms with van der Waals surface area (Å²) in [5.74, 6) is -0.659. The maximum Gasteiger partial charge on any atom is 0.416 e. The van der Waals surface area contributed by atoms with E-state index in [1.807, 2.05) is 37.2 Å². The molecule has 11 heteroatoms. The number of benzene rings is 2. The Morgan fingerprint density at radius 2 is 1.67 bits per heavy atom. The predicted octanol–water partition coefficient (Wildman–Crippen LogP) is 4.17. The number of hydrogen-bond donors (Lipinski definition) is 2. The number of amides is 1. The SMILES string of the molecule is CN(C)CCNC(=O)C1C2CC(OCc3cc(C(F)(F)F)cc(C(F)(F)F)c3)C1(c1ccccc1)N2. The van der Waals surface area contributed by atoms with Crippen molar-refractivity contribution in [3.05, 3.63) is 70.8 Å². The molecule has 1 aliphatic carbocycles. The summed E-state index contributed by atoms with van der Waals surface area (Å²) < 4.78 is 85.5. The van der Waals surface area contributed by atoms with Crippen LogP contribution < -0.4 is 10.6 Å². The molecule has 3 aliphatic rings. The molecule has 196 valence electrons. The Kier molecular flexibility index (Phi) is 7.11. The highest BCUT2D eigenvalue weighted by atomic mass is 19.4. The van der Waals surface area contributed by atoms with Crippen LogP contribution >= 0.6 is 0 Å². The molecule has 2 heterocycles. The largest absolute Gasteiger partial charge is 0.416 e. The zero-order valence-corrected chi connectivity index (χ0v) is 19.7. The highest BCUT2D eigenvalue weighted by molar-refractivity contribution is 5.83. The lowest BCUT2D eigenvalue weighted by molar-refractivity contribution is -0.143. The lowest BCUT2D eigenvalue weighted by Crippen LogP contribution is -2.69. The number of ether oxygens (including phenoxy) is 1. The van der Waals surface area contributed by atoms with Crippen LogP contribution in [0.25, 0.3) is 0 Å². The van der Waals surface area contributed by atoms with Gasteiger partial charge in [-0.3, -0.25) is 4.79 Å². The van der Waals surface area contributed by atoms with Crippen LogP contribution in [0.15, 0.2) is 48.5 Å². The maximum atomic E-state index is 13.3. The van der Waals surface area contributed by atoms with E-state index < -0.39 is 47.6 Å². The third kappa shape index (κ3) is 5.09. The third-order valence-electron chi connectivity index (χ3n) is 6.78. The van der Waals surface area contributed by atoms with Crippen LogP contribution in [0.1, 0.15) is 28.7 Å². The lowest BCUT2D eigenvalue weighted by Gasteiger charge is -2.49. The van der Waals surface area contributed by atoms with Gasteiger partial charge in [0.15, 0.2) is 0 Å². The van der Waals surface area contributed by atoms with E-state index in [0.29, 0.717) is 31.6 Å². The van der Waals surface area contributed by atoms with Gasteiger partial charge in [-0.15, -0.1) is 0 Å². The van der Waals surface area contributed by atoms with Gasteiger partial charge in [-0.05, 0) is 49.8 Å². The zero-order valence-electron chi connectivity index (χ0n) is 19.7. The van der Waals surface area contributed by atoms with Gasteiger partial charge in [0.1, 0.15) is 0 Å². The van der Waals surface area contributed by atoms with Crippen molar-refractivity contribution in [3.8, 4) is 0 Å². The van der Waals surface area contributed by atoms with Crippen molar-refractivity contribution >= 4 is 5.91 Å². The van der Waals surface area contributed by atoms with Crippen LogP contribution in [0, 0.1) is 5.92 Å². The summed E-state index contributed by atoms with van der Waals surface area (Å²) in [7, 11) is 3.77. The van der Waals surface area contributed by atoms with E-state index >= 15 is 0 Å². The summed E-state index contributed by atoms with van der Waals surface area (Å²) in [5, 5.41) is 6.31. The Morgan fingerprint density at radius 1 is 1.06 bits per heavy atom. The molecule has 5 rings (SSSR count). The molecule has 4 atom stereocenters. The molecule has 2 bridgehead atoms. The van der Waals surface area contributed by atoms with E-state index in [-0.39, 0.29) is 23.6 Å². The van der Waals surface area contributed by atoms with Crippen LogP contribution in [0.3, 0.4) is 0 Å². The van der Waals surface area contributed by atoms with Crippen LogP contribution in [0.4, 0.5) is 26.3 Å². The van der Waals surface area contributed by atoms with Crippen molar-refractivity contribution in [2.45, 2.75) is 43.1 Å². The second-order valence-electron chi connectivity index (χ2n) is 9.51. The van der Waals surface area contributed by atoms with Gasteiger partial charge < -0.3 is 20.3 Å². The first-order chi connectivity index (χ1) is 16.8. The molecule has 2 N–H and O–H groups in total. The molecule has 2 aliphatic heterocycles. The number of fused-ring (bicyclic) bond motifs is 1. The molecule has 2 aromatic carbocycles. The number of halogens is 6. The summed E-state index contributed by atoms with van der Waals surface area (Å²) in [6.07, 6.45) is -10.1. The molecule has 1 amide bonds. The van der Waals surface area contributed by atoms with E-state index in [1.54, 1.807) is 12.1 Å². The van der Waals surface area contributed by atoms with Crippen LogP contribution in [0.5, 0.6) is 0 Å². The molecule has 0 spiro atoms. The molecule has 1 saturated carbocycles. The van der Waals surface area contributed by atoms with Gasteiger partial charge in [0.05, 0.1) is 35.3 Å². The van der Waals surface area contributed by atoms with Crippen LogP contribution in [-0.4, -0.2) is 50.1 Å². The Balaban J connectivity index is 1.58. The minimum atomic E-state index is -4.94. The topological polar surface area (TPSA) is 53.6 Å². The van der Waals surface area contributed by atoms with Crippen LogP contribution in [0.2, 0.25) is 0 Å². The van der Waals surface area contributed by atoms with Crippen molar-refractivity contribution < 1.29 is 35.9 Å². The Hall–Kier alpha value is -2.63. The second-order valence-corrected chi connectivity index (χ2v) is 9.51. The van der Waals surface area contributed by atoms with Crippen molar-refractivity contribution in [1.29, 1.82) is 0 Å². The van der Waals surface area contributed by atoms with Crippen molar-refractivity contribution in [2.75, 3.05) is 27.2 Å². The summed E-state index contributed by atoms with van der Waals surface area (Å²) in [4.78, 5) is 15.0. The molecule has 4 unspecified atom stereocenters. The van der Waals surface area contributed by atoms with E-state index in [9.17, 15) is 31.1 Å². The molecule has 5 nitrogen and oxygen atoms in total. The standard InChI is InChI=1S/C25H27F6N3O2/c1-34(2)9-8-32-22(35)21-19-13-20(23(21,33-19)16-6-4-3-5-7-16)36-14-15-10-17(24(26,27)28)12-18(11-15)25(29,30)31/h3-7,10-12,19-21,33H,8-9,13-14H2,1-2H3,(H,32,35). The molecule has 0 aromatic heterocycles. The normalized spacial score (nSPS) is 25.6. The van der Waals surface area contributed by atoms with Gasteiger partial charge >= 0.3 is 12.4 Å². The molecule has 0 radical (unpaired) electrons. The highest BCUT2D eigenvalue weighted by Crippen LogP contribution is 2.54. The molecular formula is C25H27F6N3O2. The van der Waals surface area contributed by atoms with Gasteiger partial charge in [0, 0.05) is 19.1 Å². The first-order valence-corrected chi connectivity index (χ1v) is 11.5. The van der Waals surface area contributed by atoms with Crippen molar-refractivity contribution in [1.82, 2.24) is 15.5 Å². The predicted molar refractivity (Wildman–Crippen MR) is 120 cm³/mol. The number of nitrogens with zero attached hydrogens (tertiary/aromatic N) is 1. The minimum absolute atomic E-state index is 0.0943. The smallest absolute Gasteiger partial charge is 0.371 e. The Morgan fingerprint density at radius 3 is 2.22 bits per heavy atom. The fourth-order valence-corrected chi connectivity index (χ4v) is 5.17. The van der Waals surface area contributed by atoms with Gasteiger partial charge in [-0.1, -0.05) is 30.3 Å². The number of alkyl halides is 6.